The van der Waals surface area contributed by atoms with Crippen LogP contribution in [-0.2, 0) is 0 Å². The van der Waals surface area contributed by atoms with Crippen LogP contribution in [0.1, 0.15) is 23.7 Å². The van der Waals surface area contributed by atoms with Gasteiger partial charge in [-0.15, -0.1) is 0 Å². The Labute approximate surface area is 173 Å². The normalized spacial score (nSPS) is 11.6. The van der Waals surface area contributed by atoms with E-state index in [2.05, 4.69) is 31.5 Å². The Morgan fingerprint density at radius 2 is 1.50 bits per heavy atom. The molecule has 0 atom stereocenters. The lowest BCUT2D eigenvalue weighted by Gasteiger charge is -2.09. The molecule has 1 N–H and O–H groups in total. The molecule has 0 aliphatic carbocycles. The van der Waals surface area contributed by atoms with Crippen LogP contribution in [0.15, 0.2) is 105 Å². The van der Waals surface area contributed by atoms with E-state index in [1.54, 1.807) is 6.08 Å². The molecule has 3 aromatic rings. The van der Waals surface area contributed by atoms with Crippen molar-refractivity contribution in [2.24, 2.45) is 10.2 Å². The molecular formula is C23H20BrN3O. The number of nitrogens with one attached hydrogen (secondary N) is 1. The standard InChI is InChI=1S/C23H20BrN3O/c1-2-19(16-23(28)17-8-10-18(24)11-9-17)25-20-12-14-22(15-13-20)27-26-21-6-4-3-5-7-21/h3-16,25H,2H2,1H3. The zero-order valence-electron chi connectivity index (χ0n) is 15.5. The molecule has 3 rings (SSSR count). The van der Waals surface area contributed by atoms with Crippen molar-refractivity contribution in [3.05, 3.63) is 101 Å². The van der Waals surface area contributed by atoms with E-state index in [1.165, 1.54) is 0 Å². The molecule has 0 radical (unpaired) electrons. The maximum atomic E-state index is 12.4. The predicted molar refractivity (Wildman–Crippen MR) is 118 cm³/mol. The van der Waals surface area contributed by atoms with Crippen LogP contribution in [0.5, 0.6) is 0 Å². The van der Waals surface area contributed by atoms with Gasteiger partial charge in [0.2, 0.25) is 0 Å². The van der Waals surface area contributed by atoms with Crippen LogP contribution in [0.2, 0.25) is 0 Å². The quantitative estimate of drug-likeness (QED) is 0.238. The third-order valence-corrected chi connectivity index (χ3v) is 4.55. The number of hydrogen-bond donors (Lipinski definition) is 1. The van der Waals surface area contributed by atoms with Gasteiger partial charge >= 0.3 is 0 Å². The maximum absolute atomic E-state index is 12.4. The molecule has 140 valence electrons. The molecule has 28 heavy (non-hydrogen) atoms. The van der Waals surface area contributed by atoms with Crippen LogP contribution in [-0.4, -0.2) is 5.78 Å². The first-order valence-electron chi connectivity index (χ1n) is 8.98. The highest BCUT2D eigenvalue weighted by molar-refractivity contribution is 9.10. The lowest BCUT2D eigenvalue weighted by Crippen LogP contribution is -2.03. The summed E-state index contributed by atoms with van der Waals surface area (Å²) in [6, 6.07) is 24.6. The van der Waals surface area contributed by atoms with E-state index in [4.69, 9.17) is 0 Å². The van der Waals surface area contributed by atoms with Crippen molar-refractivity contribution in [1.29, 1.82) is 0 Å². The minimum Gasteiger partial charge on any atom is -0.359 e. The molecule has 5 heteroatoms. The SMILES string of the molecule is CCC(=CC(=O)c1ccc(Br)cc1)Nc1ccc(N=Nc2ccccc2)cc1. The molecule has 4 nitrogen and oxygen atoms in total. The van der Waals surface area contributed by atoms with Crippen LogP contribution >= 0.6 is 15.9 Å². The number of hydrogen-bond acceptors (Lipinski definition) is 4. The molecule has 0 bridgehead atoms. The molecule has 3 aromatic carbocycles. The van der Waals surface area contributed by atoms with E-state index in [9.17, 15) is 4.79 Å². The Morgan fingerprint density at radius 1 is 0.893 bits per heavy atom. The van der Waals surface area contributed by atoms with Gasteiger partial charge in [-0.3, -0.25) is 4.79 Å². The molecule has 0 saturated carbocycles. The Balaban J connectivity index is 1.66. The first-order chi connectivity index (χ1) is 13.6. The Bertz CT molecular complexity index is 979. The topological polar surface area (TPSA) is 53.8 Å². The summed E-state index contributed by atoms with van der Waals surface area (Å²) in [6.45, 7) is 2.01. The van der Waals surface area contributed by atoms with Gasteiger partial charge < -0.3 is 5.32 Å². The lowest BCUT2D eigenvalue weighted by atomic mass is 10.1. The van der Waals surface area contributed by atoms with Crippen LogP contribution in [0.4, 0.5) is 17.1 Å². The summed E-state index contributed by atoms with van der Waals surface area (Å²) in [7, 11) is 0. The van der Waals surface area contributed by atoms with Crippen LogP contribution < -0.4 is 5.32 Å². The first-order valence-corrected chi connectivity index (χ1v) is 9.77. The molecular weight excluding hydrogens is 414 g/mol. The van der Waals surface area contributed by atoms with Crippen LogP contribution in [0, 0.1) is 0 Å². The van der Waals surface area contributed by atoms with Crippen molar-refractivity contribution in [1.82, 2.24) is 0 Å². The molecule has 0 saturated heterocycles. The largest absolute Gasteiger partial charge is 0.359 e. The predicted octanol–water partition coefficient (Wildman–Crippen LogP) is 7.45. The second kappa shape index (κ2) is 9.76. The number of anilines is 1. The van der Waals surface area contributed by atoms with E-state index in [0.717, 1.165) is 33.7 Å². The summed E-state index contributed by atoms with van der Waals surface area (Å²) >= 11 is 3.38. The molecule has 0 fully saturated rings. The fraction of sp³-hybridized carbons (Fsp3) is 0.0870. The first kappa shape index (κ1) is 19.7. The lowest BCUT2D eigenvalue weighted by molar-refractivity contribution is 0.104. The summed E-state index contributed by atoms with van der Waals surface area (Å²) in [4.78, 5) is 12.4. The second-order valence-electron chi connectivity index (χ2n) is 6.10. The number of carbonyl (C=O) groups is 1. The van der Waals surface area contributed by atoms with Gasteiger partial charge in [0.15, 0.2) is 5.78 Å². The van der Waals surface area contributed by atoms with Crippen molar-refractivity contribution in [2.75, 3.05) is 5.32 Å². The molecule has 0 unspecified atom stereocenters. The zero-order chi connectivity index (χ0) is 19.8. The summed E-state index contributed by atoms with van der Waals surface area (Å²) in [5.74, 6) is -0.0230. The molecule has 0 aliphatic rings. The number of allylic oxidation sites excluding steroid dienone is 2. The van der Waals surface area contributed by atoms with E-state index in [0.29, 0.717) is 5.56 Å². The number of carbonyl (C=O) groups excluding carboxylic acids is 1. The number of ketones is 1. The summed E-state index contributed by atoms with van der Waals surface area (Å²) in [5.41, 5.74) is 3.99. The number of halogens is 1. The van der Waals surface area contributed by atoms with Crippen LogP contribution in [0.3, 0.4) is 0 Å². The summed E-state index contributed by atoms with van der Waals surface area (Å²) in [5, 5.41) is 11.7. The third kappa shape index (κ3) is 5.72. The highest BCUT2D eigenvalue weighted by Crippen LogP contribution is 2.21. The highest BCUT2D eigenvalue weighted by atomic mass is 79.9. The fourth-order valence-electron chi connectivity index (χ4n) is 2.49. The van der Waals surface area contributed by atoms with E-state index >= 15 is 0 Å². The van der Waals surface area contributed by atoms with Crippen LogP contribution in [0.25, 0.3) is 0 Å². The van der Waals surface area contributed by atoms with Crippen molar-refractivity contribution in [3.63, 3.8) is 0 Å². The molecule has 0 heterocycles. The van der Waals surface area contributed by atoms with Crippen molar-refractivity contribution in [3.8, 4) is 0 Å². The monoisotopic (exact) mass is 433 g/mol. The van der Waals surface area contributed by atoms with E-state index in [-0.39, 0.29) is 5.78 Å². The Hall–Kier alpha value is -3.05. The summed E-state index contributed by atoms with van der Waals surface area (Å²) in [6.07, 6.45) is 2.37. The van der Waals surface area contributed by atoms with Crippen molar-refractivity contribution in [2.45, 2.75) is 13.3 Å². The Morgan fingerprint density at radius 3 is 2.11 bits per heavy atom. The third-order valence-electron chi connectivity index (χ3n) is 4.02. The maximum Gasteiger partial charge on any atom is 0.187 e. The number of benzene rings is 3. The zero-order valence-corrected chi connectivity index (χ0v) is 17.1. The smallest absolute Gasteiger partial charge is 0.187 e. The van der Waals surface area contributed by atoms with Gasteiger partial charge in [-0.2, -0.15) is 10.2 Å². The van der Waals surface area contributed by atoms with Gasteiger partial charge in [-0.25, -0.2) is 0 Å². The van der Waals surface area contributed by atoms with Gasteiger partial charge in [0, 0.05) is 27.5 Å². The fourth-order valence-corrected chi connectivity index (χ4v) is 2.75. The molecule has 0 spiro atoms. The average molecular weight is 434 g/mol. The van der Waals surface area contributed by atoms with Crippen molar-refractivity contribution >= 4 is 38.8 Å². The number of nitrogens with zero attached hydrogens (tertiary/aromatic N) is 2. The van der Waals surface area contributed by atoms with Gasteiger partial charge in [-0.1, -0.05) is 41.1 Å². The minimum absolute atomic E-state index is 0.0230. The van der Waals surface area contributed by atoms with Gasteiger partial charge in [0.1, 0.15) is 0 Å². The number of azo groups is 1. The van der Waals surface area contributed by atoms with E-state index in [1.807, 2.05) is 85.8 Å². The van der Waals surface area contributed by atoms with Gasteiger partial charge in [-0.05, 0) is 67.1 Å². The minimum atomic E-state index is -0.0230. The van der Waals surface area contributed by atoms with Gasteiger partial charge in [0.25, 0.3) is 0 Å². The van der Waals surface area contributed by atoms with Gasteiger partial charge in [0.05, 0.1) is 11.4 Å². The molecule has 0 aliphatic heterocycles. The number of rotatable bonds is 7. The van der Waals surface area contributed by atoms with Crippen molar-refractivity contribution < 1.29 is 4.79 Å². The highest BCUT2D eigenvalue weighted by Gasteiger charge is 2.05. The van der Waals surface area contributed by atoms with E-state index < -0.39 is 0 Å². The summed E-state index contributed by atoms with van der Waals surface area (Å²) < 4.78 is 0.950. The molecule has 0 amide bonds. The Kier molecular flexibility index (Phi) is 6.87. The average Bonchev–Trinajstić information content (AvgIpc) is 2.74. The second-order valence-corrected chi connectivity index (χ2v) is 7.02. The molecule has 0 aromatic heterocycles.